The average Bonchev–Trinajstić information content (AvgIpc) is 1.42. The van der Waals surface area contributed by atoms with Crippen LogP contribution in [-0.4, -0.2) is 235 Å². The van der Waals surface area contributed by atoms with E-state index in [1.165, 1.54) is 7.85 Å². The van der Waals surface area contributed by atoms with Crippen LogP contribution < -0.4 is 48.3 Å². The Bertz CT molecular complexity index is 2480. The van der Waals surface area contributed by atoms with Gasteiger partial charge in [-0.05, 0) is 51.4 Å². The number of unbranched alkanes of at least 4 members (excludes halogenated alkanes) is 13. The zero-order valence-electron chi connectivity index (χ0n) is 54.8. The third-order valence-electron chi connectivity index (χ3n) is 14.4. The van der Waals surface area contributed by atoms with Gasteiger partial charge in [-0.3, -0.25) is 47.9 Å². The first-order valence-electron chi connectivity index (χ1n) is 32.4. The van der Waals surface area contributed by atoms with Crippen LogP contribution in [0.4, 0.5) is 0 Å². The molecule has 544 valence electrons. The molecule has 0 heterocycles. The van der Waals surface area contributed by atoms with Crippen LogP contribution in [0.3, 0.4) is 0 Å². The summed E-state index contributed by atoms with van der Waals surface area (Å²) >= 11 is 0. The number of carboxylic acid groups (broad SMARTS) is 6. The normalized spacial score (nSPS) is 12.8. The average molecular weight is 1370 g/mol. The van der Waals surface area contributed by atoms with E-state index >= 15 is 0 Å². The van der Waals surface area contributed by atoms with Crippen molar-refractivity contribution < 1.29 is 126 Å². The number of carboxylic acids is 6. The Balaban J connectivity index is 4.54. The molecule has 0 aromatic rings. The third kappa shape index (κ3) is 50.1. The molecule has 0 fully saturated rings. The van der Waals surface area contributed by atoms with Gasteiger partial charge in [0.1, 0.15) is 49.1 Å². The van der Waals surface area contributed by atoms with E-state index in [9.17, 15) is 102 Å². The topological polar surface area (TPSA) is 554 Å². The lowest BCUT2D eigenvalue weighted by atomic mass is 9.92. The van der Waals surface area contributed by atoms with Crippen molar-refractivity contribution in [3.63, 3.8) is 0 Å². The standard InChI is InChI=1S/C60H100BN9O26/c61-55(82)39(17-23-45(62)71)65-53(79)38-96-36-34-94-32-30-64-52(78)37-95-35-33-93-31-29-63-46(72)24-18-40(56(83)84)67-48(74)26-20-42(58(87)88)69-50(76)28-22-44(60(91)92)70-51(77)27-21-43(59(89)90)68-49(75)25-19-41(57(85)86)66-47(73)15-13-11-9-7-5-3-1-2-4-6-8-10-12-14-16-54(80)81/h39-44H,1-38,61H2,(H2,62,71)(H,63,72)(H,64,78)(H,65,79)(H,66,73)(H,67,74)(H,68,75)(H,69,76)(H,70,77)(H,80,81)(H,83,84)(H,85,86)(H,87,88)(H,89,90)(H,91,92)/t39-,40+,41+,42-,43-,44+/m0/s1. The van der Waals surface area contributed by atoms with Crippen molar-refractivity contribution >= 4 is 103 Å². The Morgan fingerprint density at radius 2 is 0.552 bits per heavy atom. The van der Waals surface area contributed by atoms with Gasteiger partial charge in [-0.15, -0.1) is 0 Å². The molecular weight excluding hydrogens is 1270 g/mol. The zero-order chi connectivity index (χ0) is 72.1. The highest BCUT2D eigenvalue weighted by Gasteiger charge is 2.29. The van der Waals surface area contributed by atoms with E-state index < -0.39 is 170 Å². The minimum atomic E-state index is -1.74. The van der Waals surface area contributed by atoms with E-state index in [0.717, 1.165) is 83.5 Å². The second-order valence-electron chi connectivity index (χ2n) is 22.6. The van der Waals surface area contributed by atoms with E-state index in [4.69, 9.17) is 29.8 Å². The maximum absolute atomic E-state index is 12.7. The van der Waals surface area contributed by atoms with Gasteiger partial charge >= 0.3 is 35.8 Å². The van der Waals surface area contributed by atoms with Crippen molar-refractivity contribution in [3.05, 3.63) is 0 Å². The first kappa shape index (κ1) is 87.6. The number of ether oxygens (including phenoxy) is 4. The van der Waals surface area contributed by atoms with E-state index in [1.807, 2.05) is 0 Å². The summed E-state index contributed by atoms with van der Waals surface area (Å²) in [5, 5.41) is 75.6. The summed E-state index contributed by atoms with van der Waals surface area (Å²) in [4.78, 5) is 192. The van der Waals surface area contributed by atoms with Crippen molar-refractivity contribution in [3.8, 4) is 0 Å². The van der Waals surface area contributed by atoms with E-state index in [2.05, 4.69) is 42.5 Å². The number of rotatable bonds is 63. The largest absolute Gasteiger partial charge is 0.481 e. The number of carbonyl (C=O) groups excluding carboxylic acids is 10. The summed E-state index contributed by atoms with van der Waals surface area (Å²) in [7, 11) is 1.27. The smallest absolute Gasteiger partial charge is 0.326 e. The molecule has 6 atom stereocenters. The molecule has 0 aromatic carbocycles. The minimum Gasteiger partial charge on any atom is -0.481 e. The highest BCUT2D eigenvalue weighted by molar-refractivity contribution is 6.59. The fourth-order valence-electron chi connectivity index (χ4n) is 9.01. The molecule has 16 N–H and O–H groups in total. The Labute approximate surface area is 557 Å². The van der Waals surface area contributed by atoms with Gasteiger partial charge in [0.2, 0.25) is 53.2 Å². The lowest BCUT2D eigenvalue weighted by molar-refractivity contribution is -0.144. The summed E-state index contributed by atoms with van der Waals surface area (Å²) in [5.41, 5.74) is 4.75. The number of hydrogen-bond donors (Lipinski definition) is 15. The van der Waals surface area contributed by atoms with E-state index in [-0.39, 0.29) is 117 Å². The lowest BCUT2D eigenvalue weighted by Gasteiger charge is -2.19. The van der Waals surface area contributed by atoms with Crippen molar-refractivity contribution in [2.45, 2.75) is 216 Å². The van der Waals surface area contributed by atoms with Gasteiger partial charge in [0.15, 0.2) is 7.85 Å². The van der Waals surface area contributed by atoms with Crippen LogP contribution in [0.2, 0.25) is 0 Å². The lowest BCUT2D eigenvalue weighted by Crippen LogP contribution is -2.46. The monoisotopic (exact) mass is 1370 g/mol. The van der Waals surface area contributed by atoms with Crippen molar-refractivity contribution in [2.24, 2.45) is 5.73 Å². The maximum Gasteiger partial charge on any atom is 0.326 e. The van der Waals surface area contributed by atoms with Crippen molar-refractivity contribution in [1.82, 2.24) is 42.5 Å². The molecule has 0 saturated heterocycles. The van der Waals surface area contributed by atoms with Gasteiger partial charge in [0.25, 0.3) is 0 Å². The number of hydrogen-bond acceptors (Lipinski definition) is 20. The second-order valence-corrected chi connectivity index (χ2v) is 22.6. The number of amides is 9. The predicted octanol–water partition coefficient (Wildman–Crippen LogP) is -1.73. The number of nitrogens with one attached hydrogen (secondary N) is 8. The number of nitrogens with two attached hydrogens (primary N) is 1. The summed E-state index contributed by atoms with van der Waals surface area (Å²) in [6.45, 7) is -0.108. The molecule has 0 rings (SSSR count). The fraction of sp³-hybridized carbons (Fsp3) is 0.733. The summed E-state index contributed by atoms with van der Waals surface area (Å²) in [6.07, 6.45) is 8.78. The first-order valence-corrected chi connectivity index (χ1v) is 32.4. The van der Waals surface area contributed by atoms with Gasteiger partial charge in [0.05, 0.1) is 45.7 Å². The van der Waals surface area contributed by atoms with E-state index in [1.54, 1.807) is 0 Å². The Kier molecular flexibility index (Phi) is 50.0. The Morgan fingerprint density at radius 3 is 0.865 bits per heavy atom. The molecule has 9 amide bonds. The number of aliphatic carboxylic acids is 6. The van der Waals surface area contributed by atoms with Crippen molar-refractivity contribution in [2.75, 3.05) is 65.9 Å². The summed E-state index contributed by atoms with van der Waals surface area (Å²) in [6, 6.07) is -9.03. The van der Waals surface area contributed by atoms with Crippen LogP contribution in [-0.2, 0) is 95.7 Å². The van der Waals surface area contributed by atoms with E-state index in [0.29, 0.717) is 6.42 Å². The third-order valence-corrected chi connectivity index (χ3v) is 14.4. The molecule has 0 aliphatic heterocycles. The summed E-state index contributed by atoms with van der Waals surface area (Å²) in [5.74, 6) is -15.1. The molecule has 96 heavy (non-hydrogen) atoms. The van der Waals surface area contributed by atoms with Gasteiger partial charge < -0.3 is 103 Å². The molecule has 35 nitrogen and oxygen atoms in total. The molecule has 0 unspecified atom stereocenters. The molecule has 0 aliphatic carbocycles. The molecular formula is C60H100BN9O26. The quantitative estimate of drug-likeness (QED) is 0.0238. The second kappa shape index (κ2) is 54.8. The van der Waals surface area contributed by atoms with Crippen LogP contribution in [0, 0.1) is 0 Å². The van der Waals surface area contributed by atoms with Crippen LogP contribution >= 0.6 is 0 Å². The number of primary amides is 1. The molecule has 0 spiro atoms. The SMILES string of the molecule is BC(=O)[C@H](CCC(N)=O)NC(=O)COCCOCCNC(=O)COCCOCCNC(=O)CC[C@@H](NC(=O)CC[C@H](NC(=O)CC[C@@H](NC(=O)CC[C@H](NC(=O)CC[C@@H](NC(=O)CCCCCCCCCCCCCCCCC(=O)O)C(=O)O)C(=O)O)C(=O)O)C(=O)O)C(=O)O. The maximum atomic E-state index is 12.7. The molecule has 0 radical (unpaired) electrons. The van der Waals surface area contributed by atoms with Gasteiger partial charge in [0, 0.05) is 64.5 Å². The zero-order valence-corrected chi connectivity index (χ0v) is 54.8. The molecule has 0 saturated carbocycles. The molecule has 36 heteroatoms. The molecule has 0 bridgehead atoms. The Hall–Kier alpha value is -8.38. The molecule has 0 aliphatic rings. The number of carbonyl (C=O) groups is 16. The molecule has 0 aromatic heterocycles. The first-order chi connectivity index (χ1) is 45.6. The highest BCUT2D eigenvalue weighted by atomic mass is 16.5. The van der Waals surface area contributed by atoms with Crippen LogP contribution in [0.5, 0.6) is 0 Å². The van der Waals surface area contributed by atoms with Gasteiger partial charge in [-0.1, -0.05) is 77.0 Å². The summed E-state index contributed by atoms with van der Waals surface area (Å²) < 4.78 is 21.1. The minimum absolute atomic E-state index is 0.00731. The predicted molar refractivity (Wildman–Crippen MR) is 339 cm³/mol. The van der Waals surface area contributed by atoms with Crippen molar-refractivity contribution in [1.29, 1.82) is 0 Å². The van der Waals surface area contributed by atoms with Gasteiger partial charge in [-0.25, -0.2) is 24.0 Å². The van der Waals surface area contributed by atoms with Crippen LogP contribution in [0.25, 0.3) is 0 Å². The highest BCUT2D eigenvalue weighted by Crippen LogP contribution is 2.15. The Morgan fingerprint density at radius 1 is 0.292 bits per heavy atom. The fourth-order valence-corrected chi connectivity index (χ4v) is 9.01. The van der Waals surface area contributed by atoms with Gasteiger partial charge in [-0.2, -0.15) is 0 Å². The van der Waals surface area contributed by atoms with Crippen LogP contribution in [0.1, 0.15) is 180 Å². The van der Waals surface area contributed by atoms with Crippen LogP contribution in [0.15, 0.2) is 0 Å².